The van der Waals surface area contributed by atoms with Crippen LogP contribution in [0.2, 0.25) is 0 Å². The Bertz CT molecular complexity index is 1800. The molecule has 8 nitrogen and oxygen atoms in total. The van der Waals surface area contributed by atoms with Gasteiger partial charge in [0.25, 0.3) is 5.92 Å². The Morgan fingerprint density at radius 3 is 1.98 bits per heavy atom. The van der Waals surface area contributed by atoms with Crippen LogP contribution in [0.5, 0.6) is 5.75 Å². The van der Waals surface area contributed by atoms with E-state index in [2.05, 4.69) is 5.32 Å². The molecule has 1 amide bonds. The van der Waals surface area contributed by atoms with Gasteiger partial charge >= 0.3 is 11.9 Å². The molecule has 11 heteroatoms. The van der Waals surface area contributed by atoms with E-state index >= 15 is 8.78 Å². The molecule has 1 saturated heterocycles. The molecule has 1 aliphatic heterocycles. The minimum absolute atomic E-state index is 0.0163. The van der Waals surface area contributed by atoms with E-state index in [9.17, 15) is 18.8 Å². The van der Waals surface area contributed by atoms with Gasteiger partial charge < -0.3 is 24.3 Å². The summed E-state index contributed by atoms with van der Waals surface area (Å²) < 4.78 is 69.9. The van der Waals surface area contributed by atoms with E-state index < -0.39 is 71.7 Å². The molecule has 4 atom stereocenters. The number of carbonyl (C=O) groups is 3. The molecule has 5 rings (SSSR count). The Morgan fingerprint density at radius 1 is 0.816 bits per heavy atom. The monoisotopic (exact) mass is 675 g/mol. The molecule has 1 fully saturated rings. The number of rotatable bonds is 10. The molecule has 0 spiro atoms. The number of halogens is 3. The number of hydrogen-bond acceptors (Lipinski definition) is 7. The first kappa shape index (κ1) is 35.2. The van der Waals surface area contributed by atoms with E-state index in [1.807, 2.05) is 0 Å². The number of nitrogens with one attached hydrogen (secondary N) is 1. The number of hydrogen-bond donors (Lipinski definition) is 1. The van der Waals surface area contributed by atoms with E-state index in [1.165, 1.54) is 30.3 Å². The van der Waals surface area contributed by atoms with Crippen molar-refractivity contribution in [3.8, 4) is 16.9 Å². The SMILES string of the molecule is CC(=O)NCC(F)(F)c1ccc(O[C@@H]2OC(C)(C)[C@H](C)[C@@H](OC(=O)c3ccccc3)[C@H]2OC(=O)c2ccccc2)cc1-c1cccc(F)c1. The number of esters is 2. The third-order valence-corrected chi connectivity index (χ3v) is 8.44. The first-order chi connectivity index (χ1) is 23.2. The van der Waals surface area contributed by atoms with Gasteiger partial charge in [0.05, 0.1) is 23.3 Å². The average Bonchev–Trinajstić information content (AvgIpc) is 3.08. The minimum atomic E-state index is -3.55. The van der Waals surface area contributed by atoms with Crippen molar-refractivity contribution in [1.29, 1.82) is 0 Å². The van der Waals surface area contributed by atoms with Gasteiger partial charge in [-0.25, -0.2) is 14.0 Å². The molecule has 4 aromatic rings. The molecular formula is C38H36F3NO7. The zero-order chi connectivity index (χ0) is 35.3. The van der Waals surface area contributed by atoms with Crippen molar-refractivity contribution >= 4 is 17.8 Å². The molecule has 0 aliphatic carbocycles. The number of amides is 1. The first-order valence-corrected chi connectivity index (χ1v) is 15.6. The number of carbonyl (C=O) groups excluding carboxylic acids is 3. The molecule has 256 valence electrons. The molecule has 0 bridgehead atoms. The molecule has 0 aromatic heterocycles. The zero-order valence-corrected chi connectivity index (χ0v) is 27.3. The lowest BCUT2D eigenvalue weighted by molar-refractivity contribution is -0.283. The lowest BCUT2D eigenvalue weighted by Gasteiger charge is -2.48. The van der Waals surface area contributed by atoms with Crippen molar-refractivity contribution in [3.05, 3.63) is 126 Å². The van der Waals surface area contributed by atoms with Gasteiger partial charge in [0.1, 0.15) is 11.6 Å². The van der Waals surface area contributed by atoms with Crippen LogP contribution in [0.25, 0.3) is 11.1 Å². The second-order valence-corrected chi connectivity index (χ2v) is 12.3. The summed E-state index contributed by atoms with van der Waals surface area (Å²) in [4.78, 5) is 38.2. The van der Waals surface area contributed by atoms with Crippen LogP contribution < -0.4 is 10.1 Å². The average molecular weight is 676 g/mol. The quantitative estimate of drug-likeness (QED) is 0.176. The van der Waals surface area contributed by atoms with Crippen LogP contribution in [0, 0.1) is 11.7 Å². The summed E-state index contributed by atoms with van der Waals surface area (Å²) in [6.45, 7) is 5.44. The van der Waals surface area contributed by atoms with Gasteiger partial charge in [0.15, 0.2) is 6.10 Å². The van der Waals surface area contributed by atoms with E-state index in [4.69, 9.17) is 18.9 Å². The molecule has 1 heterocycles. The number of ether oxygens (including phenoxy) is 4. The highest BCUT2D eigenvalue weighted by atomic mass is 19.3. The fourth-order valence-electron chi connectivity index (χ4n) is 5.50. The summed E-state index contributed by atoms with van der Waals surface area (Å²) in [5.74, 6) is -6.74. The van der Waals surface area contributed by atoms with Crippen LogP contribution >= 0.6 is 0 Å². The van der Waals surface area contributed by atoms with Gasteiger partial charge in [-0.2, -0.15) is 8.78 Å². The Balaban J connectivity index is 1.55. The highest BCUT2D eigenvalue weighted by Crippen LogP contribution is 2.41. The Kier molecular flexibility index (Phi) is 10.4. The summed E-state index contributed by atoms with van der Waals surface area (Å²) in [7, 11) is 0. The third kappa shape index (κ3) is 8.29. The maximum Gasteiger partial charge on any atom is 0.338 e. The predicted molar refractivity (Wildman–Crippen MR) is 174 cm³/mol. The van der Waals surface area contributed by atoms with Gasteiger partial charge in [-0.3, -0.25) is 4.79 Å². The Morgan fingerprint density at radius 2 is 1.41 bits per heavy atom. The largest absolute Gasteiger partial charge is 0.461 e. The van der Waals surface area contributed by atoms with Crippen molar-refractivity contribution in [2.24, 2.45) is 5.92 Å². The first-order valence-electron chi connectivity index (χ1n) is 15.6. The van der Waals surface area contributed by atoms with Crippen molar-refractivity contribution in [3.63, 3.8) is 0 Å². The van der Waals surface area contributed by atoms with Gasteiger partial charge in [0.2, 0.25) is 18.3 Å². The van der Waals surface area contributed by atoms with Crippen molar-refractivity contribution < 1.29 is 46.5 Å². The van der Waals surface area contributed by atoms with Gasteiger partial charge in [-0.15, -0.1) is 0 Å². The summed E-state index contributed by atoms with van der Waals surface area (Å²) in [6.07, 6.45) is -3.78. The molecule has 0 saturated carbocycles. The van der Waals surface area contributed by atoms with E-state index in [1.54, 1.807) is 81.4 Å². The van der Waals surface area contributed by atoms with Crippen molar-refractivity contribution in [1.82, 2.24) is 5.32 Å². The third-order valence-electron chi connectivity index (χ3n) is 8.44. The smallest absolute Gasteiger partial charge is 0.338 e. The fourth-order valence-corrected chi connectivity index (χ4v) is 5.50. The molecular weight excluding hydrogens is 639 g/mol. The van der Waals surface area contributed by atoms with Gasteiger partial charge in [-0.1, -0.05) is 55.5 Å². The topological polar surface area (TPSA) is 100 Å². The van der Waals surface area contributed by atoms with Crippen molar-refractivity contribution in [2.45, 2.75) is 57.7 Å². The van der Waals surface area contributed by atoms with Gasteiger partial charge in [0, 0.05) is 18.4 Å². The number of benzene rings is 4. The normalized spacial score (nSPS) is 20.1. The minimum Gasteiger partial charge on any atom is -0.461 e. The molecule has 49 heavy (non-hydrogen) atoms. The summed E-state index contributed by atoms with van der Waals surface area (Å²) >= 11 is 0. The summed E-state index contributed by atoms with van der Waals surface area (Å²) in [5.41, 5.74) is -0.923. The molecule has 1 aliphatic rings. The van der Waals surface area contributed by atoms with Crippen LogP contribution in [-0.4, -0.2) is 48.5 Å². The molecule has 0 radical (unpaired) electrons. The van der Waals surface area contributed by atoms with Crippen LogP contribution in [0.15, 0.2) is 103 Å². The second kappa shape index (κ2) is 14.5. The van der Waals surface area contributed by atoms with Crippen LogP contribution in [0.1, 0.15) is 54.0 Å². The Labute approximate surface area is 282 Å². The zero-order valence-electron chi connectivity index (χ0n) is 27.3. The molecule has 0 unspecified atom stereocenters. The van der Waals surface area contributed by atoms with E-state index in [0.29, 0.717) is 0 Å². The number of alkyl halides is 2. The summed E-state index contributed by atoms with van der Waals surface area (Å²) in [6, 6.07) is 25.3. The fraction of sp³-hybridized carbons (Fsp3) is 0.289. The van der Waals surface area contributed by atoms with Crippen LogP contribution in [-0.2, 0) is 24.9 Å². The lowest BCUT2D eigenvalue weighted by Crippen LogP contribution is -2.62. The van der Waals surface area contributed by atoms with Crippen LogP contribution in [0.4, 0.5) is 13.2 Å². The standard InChI is InChI=1S/C38H36F3NO7/c1-23-32(47-34(44)25-12-7-5-8-13-25)33(48-35(45)26-14-9-6-10-15-26)36(49-37(23,3)4)46-29-18-19-31(38(40,41)22-42-24(2)43)30(21-29)27-16-11-17-28(39)20-27/h5-21,23,32-33,36H,22H2,1-4H3,(H,42,43)/t23-,32-,33-,36-/m1/s1. The highest BCUT2D eigenvalue weighted by molar-refractivity contribution is 5.90. The van der Waals surface area contributed by atoms with Crippen molar-refractivity contribution in [2.75, 3.05) is 6.54 Å². The van der Waals surface area contributed by atoms with E-state index in [0.717, 1.165) is 19.1 Å². The molecule has 4 aromatic carbocycles. The van der Waals surface area contributed by atoms with Gasteiger partial charge in [-0.05, 0) is 79.6 Å². The highest BCUT2D eigenvalue weighted by Gasteiger charge is 2.53. The van der Waals surface area contributed by atoms with Crippen LogP contribution in [0.3, 0.4) is 0 Å². The predicted octanol–water partition coefficient (Wildman–Crippen LogP) is 7.32. The Hall–Kier alpha value is -5.16. The summed E-state index contributed by atoms with van der Waals surface area (Å²) in [5, 5.41) is 2.13. The van der Waals surface area contributed by atoms with E-state index in [-0.39, 0.29) is 28.0 Å². The lowest BCUT2D eigenvalue weighted by atomic mass is 9.82. The molecule has 1 N–H and O–H groups in total. The second-order valence-electron chi connectivity index (χ2n) is 12.3. The maximum absolute atomic E-state index is 15.5. The maximum atomic E-state index is 15.5.